The van der Waals surface area contributed by atoms with Gasteiger partial charge in [-0.3, -0.25) is 10.1 Å². The smallest absolute Gasteiger partial charge is 0.310 e. The molecule has 2 N–H and O–H groups in total. The summed E-state index contributed by atoms with van der Waals surface area (Å²) in [5.41, 5.74) is 6.41. The van der Waals surface area contributed by atoms with Crippen LogP contribution in [0, 0.1) is 16.0 Å². The highest BCUT2D eigenvalue weighted by Gasteiger charge is 2.31. The fourth-order valence-electron chi connectivity index (χ4n) is 3.12. The second-order valence-corrected chi connectivity index (χ2v) is 5.73. The molecule has 0 heterocycles. The van der Waals surface area contributed by atoms with Gasteiger partial charge in [-0.05, 0) is 37.4 Å². The summed E-state index contributed by atoms with van der Waals surface area (Å²) in [5, 5.41) is 11.4. The Bertz CT molecular complexity index is 495. The first-order valence-electron chi connectivity index (χ1n) is 6.92. The molecule has 0 amide bonds. The van der Waals surface area contributed by atoms with Crippen LogP contribution >= 0.6 is 11.6 Å². The van der Waals surface area contributed by atoms with Crippen LogP contribution in [-0.4, -0.2) is 24.6 Å². The molecule has 1 fully saturated rings. The van der Waals surface area contributed by atoms with Crippen molar-refractivity contribution in [2.75, 3.05) is 18.5 Å². The maximum Gasteiger partial charge on any atom is 0.310 e. The van der Waals surface area contributed by atoms with E-state index in [-0.39, 0.29) is 16.8 Å². The third kappa shape index (κ3) is 2.88. The number of nitro benzene ring substituents is 1. The third-order valence-electron chi connectivity index (χ3n) is 4.20. The number of nitro groups is 1. The maximum atomic E-state index is 11.3. The molecule has 0 radical (unpaired) electrons. The largest absolute Gasteiger partial charge is 0.366 e. The van der Waals surface area contributed by atoms with Crippen LogP contribution in [0.5, 0.6) is 0 Å². The summed E-state index contributed by atoms with van der Waals surface area (Å²) in [6.07, 6.45) is 4.42. The molecule has 6 heteroatoms. The van der Waals surface area contributed by atoms with Gasteiger partial charge in [0.2, 0.25) is 0 Å². The first-order chi connectivity index (χ1) is 9.56. The van der Waals surface area contributed by atoms with Gasteiger partial charge in [0, 0.05) is 13.1 Å². The molecule has 2 rings (SSSR count). The molecule has 5 nitrogen and oxygen atoms in total. The van der Waals surface area contributed by atoms with Crippen LogP contribution in [0.25, 0.3) is 0 Å². The number of nitrogens with two attached hydrogens (primary N) is 1. The van der Waals surface area contributed by atoms with Crippen LogP contribution in [0.4, 0.5) is 11.4 Å². The van der Waals surface area contributed by atoms with Crippen molar-refractivity contribution in [1.82, 2.24) is 0 Å². The summed E-state index contributed by atoms with van der Waals surface area (Å²) in [5.74, 6) is 0.382. The molecule has 20 heavy (non-hydrogen) atoms. The van der Waals surface area contributed by atoms with Crippen LogP contribution in [0.2, 0.25) is 5.02 Å². The standard InChI is InChI=1S/C14H20ClN3O2/c1-17(12-7-3-2-5-10(12)9-16)13-8-4-6-11(15)14(13)18(19)20/h4,6,8,10,12H,2-3,5,7,9,16H2,1H3. The van der Waals surface area contributed by atoms with Gasteiger partial charge >= 0.3 is 5.69 Å². The molecular formula is C14H20ClN3O2. The number of rotatable bonds is 4. The zero-order valence-corrected chi connectivity index (χ0v) is 12.3. The predicted octanol–water partition coefficient (Wildman–Crippen LogP) is 3.20. The van der Waals surface area contributed by atoms with E-state index in [1.54, 1.807) is 18.2 Å². The van der Waals surface area contributed by atoms with Crippen molar-refractivity contribution in [3.8, 4) is 0 Å². The zero-order chi connectivity index (χ0) is 14.7. The van der Waals surface area contributed by atoms with E-state index in [0.29, 0.717) is 18.2 Å². The van der Waals surface area contributed by atoms with Gasteiger partial charge in [0.15, 0.2) is 0 Å². The number of halogens is 1. The molecule has 0 bridgehead atoms. The molecule has 0 saturated heterocycles. The van der Waals surface area contributed by atoms with E-state index in [9.17, 15) is 10.1 Å². The number of hydrogen-bond acceptors (Lipinski definition) is 4. The molecule has 0 aliphatic heterocycles. The second kappa shape index (κ2) is 6.41. The normalized spacial score (nSPS) is 22.6. The number of benzene rings is 1. The Kier molecular flexibility index (Phi) is 4.83. The summed E-state index contributed by atoms with van der Waals surface area (Å²) in [4.78, 5) is 12.8. The van der Waals surface area contributed by atoms with Crippen molar-refractivity contribution in [1.29, 1.82) is 0 Å². The monoisotopic (exact) mass is 297 g/mol. The SMILES string of the molecule is CN(c1cccc(Cl)c1[N+](=O)[O-])C1CCCCC1CN. The van der Waals surface area contributed by atoms with Crippen LogP contribution in [0.1, 0.15) is 25.7 Å². The molecule has 0 spiro atoms. The lowest BCUT2D eigenvalue weighted by Gasteiger charge is -2.38. The van der Waals surface area contributed by atoms with Crippen molar-refractivity contribution in [2.45, 2.75) is 31.7 Å². The van der Waals surface area contributed by atoms with Crippen molar-refractivity contribution in [2.24, 2.45) is 11.7 Å². The van der Waals surface area contributed by atoms with E-state index in [4.69, 9.17) is 17.3 Å². The fourth-order valence-corrected chi connectivity index (χ4v) is 3.36. The molecular weight excluding hydrogens is 278 g/mol. The van der Waals surface area contributed by atoms with Gasteiger partial charge < -0.3 is 10.6 Å². The molecule has 110 valence electrons. The van der Waals surface area contributed by atoms with E-state index in [2.05, 4.69) is 0 Å². The minimum absolute atomic E-state index is 0.0157. The van der Waals surface area contributed by atoms with Crippen LogP contribution in [-0.2, 0) is 0 Å². The molecule has 1 aromatic rings. The third-order valence-corrected chi connectivity index (χ3v) is 4.50. The van der Waals surface area contributed by atoms with Gasteiger partial charge in [0.05, 0.1) is 4.92 Å². The van der Waals surface area contributed by atoms with Crippen LogP contribution in [0.15, 0.2) is 18.2 Å². The van der Waals surface area contributed by atoms with Gasteiger partial charge in [0.1, 0.15) is 10.7 Å². The highest BCUT2D eigenvalue weighted by atomic mass is 35.5. The average Bonchev–Trinajstić information content (AvgIpc) is 2.45. The van der Waals surface area contributed by atoms with Gasteiger partial charge in [-0.2, -0.15) is 0 Å². The quantitative estimate of drug-likeness (QED) is 0.684. The molecule has 2 unspecified atom stereocenters. The van der Waals surface area contributed by atoms with Crippen molar-refractivity contribution < 1.29 is 4.92 Å². The lowest BCUT2D eigenvalue weighted by Crippen LogP contribution is -2.43. The molecule has 2 atom stereocenters. The Hall–Kier alpha value is -1.33. The van der Waals surface area contributed by atoms with E-state index in [1.165, 1.54) is 6.42 Å². The lowest BCUT2D eigenvalue weighted by molar-refractivity contribution is -0.384. The van der Waals surface area contributed by atoms with E-state index in [1.807, 2.05) is 11.9 Å². The number of hydrogen-bond donors (Lipinski definition) is 1. The Balaban J connectivity index is 2.35. The minimum Gasteiger partial charge on any atom is -0.366 e. The minimum atomic E-state index is -0.408. The average molecular weight is 298 g/mol. The maximum absolute atomic E-state index is 11.3. The van der Waals surface area contributed by atoms with Crippen LogP contribution < -0.4 is 10.6 Å². The summed E-state index contributed by atoms with van der Waals surface area (Å²) < 4.78 is 0. The highest BCUT2D eigenvalue weighted by molar-refractivity contribution is 6.33. The summed E-state index contributed by atoms with van der Waals surface area (Å²) in [6.45, 7) is 0.614. The molecule has 1 aromatic carbocycles. The van der Waals surface area contributed by atoms with Crippen molar-refractivity contribution in [3.05, 3.63) is 33.3 Å². The molecule has 0 aromatic heterocycles. The van der Waals surface area contributed by atoms with E-state index < -0.39 is 4.92 Å². The van der Waals surface area contributed by atoms with E-state index >= 15 is 0 Å². The summed E-state index contributed by atoms with van der Waals surface area (Å²) in [7, 11) is 1.90. The number of anilines is 1. The van der Waals surface area contributed by atoms with E-state index in [0.717, 1.165) is 19.3 Å². The first-order valence-corrected chi connectivity index (χ1v) is 7.30. The van der Waals surface area contributed by atoms with Gasteiger partial charge in [0.25, 0.3) is 0 Å². The molecule has 1 saturated carbocycles. The Labute approximate surface area is 123 Å². The summed E-state index contributed by atoms with van der Waals surface area (Å²) >= 11 is 5.98. The number of nitrogens with zero attached hydrogens (tertiary/aromatic N) is 2. The number of para-hydroxylation sites is 1. The van der Waals surface area contributed by atoms with Crippen molar-refractivity contribution in [3.63, 3.8) is 0 Å². The van der Waals surface area contributed by atoms with Gasteiger partial charge in [-0.25, -0.2) is 0 Å². The Morgan fingerprint density at radius 2 is 2.15 bits per heavy atom. The highest BCUT2D eigenvalue weighted by Crippen LogP contribution is 2.38. The molecule has 1 aliphatic carbocycles. The Morgan fingerprint density at radius 3 is 2.80 bits per heavy atom. The fraction of sp³-hybridized carbons (Fsp3) is 0.571. The van der Waals surface area contributed by atoms with Gasteiger partial charge in [-0.1, -0.05) is 30.5 Å². The zero-order valence-electron chi connectivity index (χ0n) is 11.6. The molecule has 1 aliphatic rings. The predicted molar refractivity (Wildman–Crippen MR) is 81.3 cm³/mol. The van der Waals surface area contributed by atoms with Crippen molar-refractivity contribution >= 4 is 23.0 Å². The lowest BCUT2D eigenvalue weighted by atomic mass is 9.83. The van der Waals surface area contributed by atoms with Gasteiger partial charge in [-0.15, -0.1) is 0 Å². The second-order valence-electron chi connectivity index (χ2n) is 5.32. The van der Waals surface area contributed by atoms with Crippen LogP contribution in [0.3, 0.4) is 0 Å². The topological polar surface area (TPSA) is 72.4 Å². The Morgan fingerprint density at radius 1 is 1.45 bits per heavy atom. The summed E-state index contributed by atoms with van der Waals surface area (Å²) in [6, 6.07) is 5.30. The first kappa shape index (κ1) is 15.1.